The number of amides is 2. The molecule has 6 nitrogen and oxygen atoms in total. The van der Waals surface area contributed by atoms with Gasteiger partial charge in [0.05, 0.1) is 35.8 Å². The van der Waals surface area contributed by atoms with Gasteiger partial charge in [0.2, 0.25) is 11.8 Å². The van der Waals surface area contributed by atoms with E-state index in [-0.39, 0.29) is 17.7 Å². The highest BCUT2D eigenvalue weighted by molar-refractivity contribution is 6.25. The fourth-order valence-electron chi connectivity index (χ4n) is 6.25. The maximum atomic E-state index is 14.0. The summed E-state index contributed by atoms with van der Waals surface area (Å²) in [5, 5.41) is 13.2. The largest absolute Gasteiger partial charge is 0.494 e. The molecule has 0 saturated carbocycles. The second kappa shape index (κ2) is 7.04. The zero-order chi connectivity index (χ0) is 22.7. The monoisotopic (exact) mass is 438 g/mol. The summed E-state index contributed by atoms with van der Waals surface area (Å²) in [7, 11) is 0. The predicted molar refractivity (Wildman–Crippen MR) is 123 cm³/mol. The van der Waals surface area contributed by atoms with Gasteiger partial charge in [0, 0.05) is 5.92 Å². The minimum atomic E-state index is -1.02. The molecule has 3 aromatic carbocycles. The number of nitrogens with zero attached hydrogens (tertiary/aromatic N) is 2. The lowest BCUT2D eigenvalue weighted by atomic mass is 9.47. The normalized spacial score (nSPS) is 26.9. The summed E-state index contributed by atoms with van der Waals surface area (Å²) < 4.78 is 5.51. The molecule has 2 amide bonds. The first-order valence-corrected chi connectivity index (χ1v) is 11.1. The lowest BCUT2D eigenvalue weighted by Crippen LogP contribution is -2.54. The van der Waals surface area contributed by atoms with Crippen LogP contribution in [0.15, 0.2) is 78.0 Å². The van der Waals surface area contributed by atoms with Crippen molar-refractivity contribution in [3.63, 3.8) is 0 Å². The summed E-state index contributed by atoms with van der Waals surface area (Å²) in [4.78, 5) is 29.2. The van der Waals surface area contributed by atoms with Gasteiger partial charge in [-0.1, -0.05) is 48.5 Å². The Bertz CT molecular complexity index is 1270. The SMILES string of the molecule is CCOc1ccc(N2C(=O)[C@@H]3C4c5ccccc5C(/C=N\O)(c5ccccc54)[C@H]3C2=O)cc1. The van der Waals surface area contributed by atoms with Crippen molar-refractivity contribution in [1.82, 2.24) is 0 Å². The van der Waals surface area contributed by atoms with E-state index in [1.54, 1.807) is 24.3 Å². The molecule has 1 saturated heterocycles. The lowest BCUT2D eigenvalue weighted by Gasteiger charge is -2.52. The molecule has 0 aromatic heterocycles. The average Bonchev–Trinajstić information content (AvgIpc) is 3.11. The molecule has 1 aliphatic heterocycles. The van der Waals surface area contributed by atoms with Crippen molar-refractivity contribution in [3.05, 3.63) is 95.1 Å². The van der Waals surface area contributed by atoms with E-state index in [0.717, 1.165) is 22.3 Å². The van der Waals surface area contributed by atoms with Gasteiger partial charge in [0.15, 0.2) is 0 Å². The summed E-state index contributed by atoms with van der Waals surface area (Å²) in [6, 6.07) is 22.8. The van der Waals surface area contributed by atoms with E-state index in [9.17, 15) is 14.8 Å². The zero-order valence-electron chi connectivity index (χ0n) is 18.0. The summed E-state index contributed by atoms with van der Waals surface area (Å²) in [6.07, 6.45) is 1.45. The van der Waals surface area contributed by atoms with Gasteiger partial charge in [-0.15, -0.1) is 5.16 Å². The molecule has 3 aliphatic carbocycles. The second-order valence-electron chi connectivity index (χ2n) is 8.71. The van der Waals surface area contributed by atoms with Gasteiger partial charge in [-0.25, -0.2) is 4.90 Å². The van der Waals surface area contributed by atoms with Crippen molar-refractivity contribution in [1.29, 1.82) is 0 Å². The van der Waals surface area contributed by atoms with Crippen LogP contribution in [0.5, 0.6) is 5.75 Å². The number of anilines is 1. The zero-order valence-corrected chi connectivity index (χ0v) is 18.0. The maximum absolute atomic E-state index is 14.0. The minimum Gasteiger partial charge on any atom is -0.494 e. The molecule has 4 aliphatic rings. The number of carbonyl (C=O) groups excluding carboxylic acids is 2. The second-order valence-corrected chi connectivity index (χ2v) is 8.71. The Balaban J connectivity index is 1.58. The third kappa shape index (κ3) is 2.40. The van der Waals surface area contributed by atoms with E-state index in [4.69, 9.17) is 4.74 Å². The molecule has 2 bridgehead atoms. The summed E-state index contributed by atoms with van der Waals surface area (Å²) >= 11 is 0. The van der Waals surface area contributed by atoms with Crippen molar-refractivity contribution in [2.75, 3.05) is 11.5 Å². The van der Waals surface area contributed by atoms with Crippen LogP contribution >= 0.6 is 0 Å². The van der Waals surface area contributed by atoms with Gasteiger partial charge in [0.25, 0.3) is 0 Å². The first-order chi connectivity index (χ1) is 16.1. The predicted octanol–water partition coefficient (Wildman–Crippen LogP) is 4.10. The highest BCUT2D eigenvalue weighted by atomic mass is 16.5. The van der Waals surface area contributed by atoms with E-state index >= 15 is 0 Å². The smallest absolute Gasteiger partial charge is 0.239 e. The number of rotatable bonds is 4. The summed E-state index contributed by atoms with van der Waals surface area (Å²) in [6.45, 7) is 2.44. The van der Waals surface area contributed by atoms with Crippen LogP contribution in [-0.4, -0.2) is 29.8 Å². The van der Waals surface area contributed by atoms with Crippen molar-refractivity contribution in [2.45, 2.75) is 18.3 Å². The molecule has 1 heterocycles. The first kappa shape index (κ1) is 19.7. The van der Waals surface area contributed by atoms with Gasteiger partial charge in [-0.05, 0) is 53.4 Å². The number of imide groups is 1. The Morgan fingerprint density at radius 2 is 1.55 bits per heavy atom. The third-order valence-corrected chi connectivity index (χ3v) is 7.35. The lowest BCUT2D eigenvalue weighted by molar-refractivity contribution is -0.122. The van der Waals surface area contributed by atoms with E-state index in [0.29, 0.717) is 18.0 Å². The fraction of sp³-hybridized carbons (Fsp3) is 0.222. The Hall–Kier alpha value is -3.93. The van der Waals surface area contributed by atoms with E-state index in [1.165, 1.54) is 11.1 Å². The van der Waals surface area contributed by atoms with Gasteiger partial charge in [-0.3, -0.25) is 9.59 Å². The Labute approximate surface area is 191 Å². The van der Waals surface area contributed by atoms with Gasteiger partial charge in [-0.2, -0.15) is 0 Å². The van der Waals surface area contributed by atoms with Gasteiger partial charge >= 0.3 is 0 Å². The number of carbonyl (C=O) groups is 2. The molecule has 1 N–H and O–H groups in total. The van der Waals surface area contributed by atoms with Gasteiger partial charge in [0.1, 0.15) is 5.75 Å². The Morgan fingerprint density at radius 3 is 2.12 bits per heavy atom. The van der Waals surface area contributed by atoms with Crippen molar-refractivity contribution >= 4 is 23.7 Å². The average molecular weight is 438 g/mol. The van der Waals surface area contributed by atoms with Gasteiger partial charge < -0.3 is 9.94 Å². The van der Waals surface area contributed by atoms with E-state index in [1.807, 2.05) is 55.5 Å². The van der Waals surface area contributed by atoms with Crippen LogP contribution in [0.2, 0.25) is 0 Å². The maximum Gasteiger partial charge on any atom is 0.239 e. The summed E-state index contributed by atoms with van der Waals surface area (Å²) in [5.74, 6) is -1.32. The molecule has 1 fully saturated rings. The number of hydrogen-bond acceptors (Lipinski definition) is 5. The van der Waals surface area contributed by atoms with Crippen LogP contribution < -0.4 is 9.64 Å². The summed E-state index contributed by atoms with van der Waals surface area (Å²) in [5.41, 5.74) is 3.35. The molecular weight excluding hydrogens is 416 g/mol. The molecular formula is C27H22N2O4. The molecule has 3 aromatic rings. The molecule has 7 rings (SSSR count). The quantitative estimate of drug-likeness (QED) is 0.288. The highest BCUT2D eigenvalue weighted by Crippen LogP contribution is 2.63. The molecule has 33 heavy (non-hydrogen) atoms. The first-order valence-electron chi connectivity index (χ1n) is 11.1. The molecule has 164 valence electrons. The van der Waals surface area contributed by atoms with Crippen LogP contribution in [-0.2, 0) is 15.0 Å². The van der Waals surface area contributed by atoms with Crippen molar-refractivity contribution in [2.24, 2.45) is 17.0 Å². The molecule has 2 atom stereocenters. The number of oxime groups is 1. The van der Waals surface area contributed by atoms with E-state index < -0.39 is 17.3 Å². The van der Waals surface area contributed by atoms with Crippen LogP contribution in [0.3, 0.4) is 0 Å². The van der Waals surface area contributed by atoms with E-state index in [2.05, 4.69) is 5.16 Å². The fourth-order valence-corrected chi connectivity index (χ4v) is 6.25. The standard InChI is InChI=1S/C27H22N2O4/c1-2-33-17-13-11-16(12-14-17)29-25(30)23-22-18-7-3-5-9-20(18)27(15-28-32,24(23)26(29)31)21-10-6-4-8-19(21)22/h3-15,22-24,32H,2H2,1H3/b28-15-/t22?,23-,24-,27?/m1/s1. The highest BCUT2D eigenvalue weighted by Gasteiger charge is 2.68. The van der Waals surface area contributed by atoms with Crippen LogP contribution in [0.4, 0.5) is 5.69 Å². The molecule has 0 spiro atoms. The number of ether oxygens (including phenoxy) is 1. The number of hydrogen-bond donors (Lipinski definition) is 1. The molecule has 0 unspecified atom stereocenters. The molecule has 0 radical (unpaired) electrons. The topological polar surface area (TPSA) is 79.2 Å². The van der Waals surface area contributed by atoms with Crippen LogP contribution in [0.1, 0.15) is 35.1 Å². The number of benzene rings is 3. The van der Waals surface area contributed by atoms with Crippen molar-refractivity contribution in [3.8, 4) is 5.75 Å². The molecule has 6 heteroatoms. The third-order valence-electron chi connectivity index (χ3n) is 7.35. The van der Waals surface area contributed by atoms with Crippen LogP contribution in [0, 0.1) is 11.8 Å². The minimum absolute atomic E-state index is 0.223. The Kier molecular flexibility index (Phi) is 4.21. The Morgan fingerprint density at radius 1 is 0.939 bits per heavy atom. The van der Waals surface area contributed by atoms with Crippen LogP contribution in [0.25, 0.3) is 0 Å². The van der Waals surface area contributed by atoms with Crippen molar-refractivity contribution < 1.29 is 19.5 Å².